The average Bonchev–Trinajstić information content (AvgIpc) is 3.24. The number of ether oxygens (including phenoxy) is 2. The topological polar surface area (TPSA) is 51.7 Å². The maximum atomic E-state index is 12.5. The van der Waals surface area contributed by atoms with Crippen LogP contribution in [-0.2, 0) is 10.2 Å². The number of carbonyl (C=O) groups is 1. The summed E-state index contributed by atoms with van der Waals surface area (Å²) < 4.78 is 11.5. The Balaban J connectivity index is 1.46. The SMILES string of the molecule is CC(C)(C)c1ccc(OCCN2C(=O)COc3ccc(-c4cscn4)cc32)cc1. The quantitative estimate of drug-likeness (QED) is 0.602. The van der Waals surface area contributed by atoms with E-state index in [-0.39, 0.29) is 17.9 Å². The fourth-order valence-electron chi connectivity index (χ4n) is 3.27. The Bertz CT molecular complexity index is 992. The Morgan fingerprint density at radius 3 is 2.66 bits per heavy atom. The average molecular weight is 409 g/mol. The van der Waals surface area contributed by atoms with Crippen molar-refractivity contribution < 1.29 is 14.3 Å². The highest BCUT2D eigenvalue weighted by Crippen LogP contribution is 2.36. The number of amides is 1. The Labute approximate surface area is 174 Å². The van der Waals surface area contributed by atoms with E-state index < -0.39 is 0 Å². The molecule has 0 saturated heterocycles. The summed E-state index contributed by atoms with van der Waals surface area (Å²) in [6.07, 6.45) is 0. The second-order valence-corrected chi connectivity index (χ2v) is 8.73. The van der Waals surface area contributed by atoms with Gasteiger partial charge in [-0.1, -0.05) is 32.9 Å². The van der Waals surface area contributed by atoms with E-state index in [0.717, 1.165) is 22.7 Å². The molecule has 150 valence electrons. The van der Waals surface area contributed by atoms with Crippen molar-refractivity contribution >= 4 is 22.9 Å². The van der Waals surface area contributed by atoms with Gasteiger partial charge in [0.1, 0.15) is 18.1 Å². The monoisotopic (exact) mass is 408 g/mol. The summed E-state index contributed by atoms with van der Waals surface area (Å²) in [6, 6.07) is 14.0. The molecule has 29 heavy (non-hydrogen) atoms. The number of thiazole rings is 1. The van der Waals surface area contributed by atoms with Crippen molar-refractivity contribution in [3.8, 4) is 22.8 Å². The van der Waals surface area contributed by atoms with Crippen molar-refractivity contribution in [1.82, 2.24) is 4.98 Å². The number of benzene rings is 2. The van der Waals surface area contributed by atoms with Crippen LogP contribution in [0.15, 0.2) is 53.4 Å². The summed E-state index contributed by atoms with van der Waals surface area (Å²) in [5.74, 6) is 1.44. The second kappa shape index (κ2) is 7.87. The van der Waals surface area contributed by atoms with Crippen molar-refractivity contribution in [3.05, 3.63) is 58.9 Å². The molecule has 0 aliphatic carbocycles. The van der Waals surface area contributed by atoms with Gasteiger partial charge in [0.2, 0.25) is 0 Å². The lowest BCUT2D eigenvalue weighted by molar-refractivity contribution is -0.121. The molecular formula is C23H24N2O3S. The largest absolute Gasteiger partial charge is 0.492 e. The van der Waals surface area contributed by atoms with Gasteiger partial charge in [-0.25, -0.2) is 4.98 Å². The van der Waals surface area contributed by atoms with Crippen LogP contribution in [-0.4, -0.2) is 30.6 Å². The van der Waals surface area contributed by atoms with Gasteiger partial charge in [0.15, 0.2) is 6.61 Å². The summed E-state index contributed by atoms with van der Waals surface area (Å²) in [5, 5.41) is 1.99. The van der Waals surface area contributed by atoms with Crippen LogP contribution in [0.5, 0.6) is 11.5 Å². The summed E-state index contributed by atoms with van der Waals surface area (Å²) in [4.78, 5) is 18.6. The van der Waals surface area contributed by atoms with Gasteiger partial charge in [-0.3, -0.25) is 4.79 Å². The third-order valence-electron chi connectivity index (χ3n) is 4.93. The highest BCUT2D eigenvalue weighted by atomic mass is 32.1. The smallest absolute Gasteiger partial charge is 0.265 e. The van der Waals surface area contributed by atoms with Gasteiger partial charge in [-0.05, 0) is 41.3 Å². The lowest BCUT2D eigenvalue weighted by Gasteiger charge is -2.29. The Morgan fingerprint density at radius 1 is 1.17 bits per heavy atom. The first-order valence-electron chi connectivity index (χ1n) is 9.61. The van der Waals surface area contributed by atoms with Crippen molar-refractivity contribution in [2.75, 3.05) is 24.7 Å². The van der Waals surface area contributed by atoms with Gasteiger partial charge in [0, 0.05) is 10.9 Å². The third-order valence-corrected chi connectivity index (χ3v) is 5.52. The fourth-order valence-corrected chi connectivity index (χ4v) is 3.83. The van der Waals surface area contributed by atoms with Crippen LogP contribution in [0.3, 0.4) is 0 Å². The number of anilines is 1. The summed E-state index contributed by atoms with van der Waals surface area (Å²) >= 11 is 1.54. The number of nitrogens with zero attached hydrogens (tertiary/aromatic N) is 2. The molecule has 1 aromatic heterocycles. The molecule has 6 heteroatoms. The van der Waals surface area contributed by atoms with E-state index in [1.54, 1.807) is 21.7 Å². The highest BCUT2D eigenvalue weighted by molar-refractivity contribution is 7.07. The first-order chi connectivity index (χ1) is 13.9. The normalized spacial score (nSPS) is 13.8. The van der Waals surface area contributed by atoms with E-state index in [2.05, 4.69) is 37.9 Å². The molecule has 0 fully saturated rings. The Hall–Kier alpha value is -2.86. The van der Waals surface area contributed by atoms with Crippen molar-refractivity contribution in [2.24, 2.45) is 0 Å². The first-order valence-corrected chi connectivity index (χ1v) is 10.6. The zero-order chi connectivity index (χ0) is 20.4. The molecule has 0 spiro atoms. The van der Waals surface area contributed by atoms with Crippen LogP contribution in [0.25, 0.3) is 11.3 Å². The van der Waals surface area contributed by atoms with Crippen molar-refractivity contribution in [2.45, 2.75) is 26.2 Å². The van der Waals surface area contributed by atoms with E-state index in [9.17, 15) is 4.79 Å². The molecule has 0 atom stereocenters. The molecule has 4 rings (SSSR count). The maximum absolute atomic E-state index is 12.5. The fraction of sp³-hybridized carbons (Fsp3) is 0.304. The van der Waals surface area contributed by atoms with E-state index >= 15 is 0 Å². The molecule has 0 N–H and O–H groups in total. The molecule has 0 unspecified atom stereocenters. The summed E-state index contributed by atoms with van der Waals surface area (Å²) in [5.41, 5.74) is 5.79. The van der Waals surface area contributed by atoms with Crippen molar-refractivity contribution in [1.29, 1.82) is 0 Å². The van der Waals surface area contributed by atoms with Gasteiger partial charge >= 0.3 is 0 Å². The Morgan fingerprint density at radius 2 is 1.97 bits per heavy atom. The van der Waals surface area contributed by atoms with Gasteiger partial charge in [-0.2, -0.15) is 0 Å². The zero-order valence-electron chi connectivity index (χ0n) is 16.8. The molecule has 1 aliphatic heterocycles. The number of hydrogen-bond donors (Lipinski definition) is 0. The van der Waals surface area contributed by atoms with Crippen LogP contribution >= 0.6 is 11.3 Å². The summed E-state index contributed by atoms with van der Waals surface area (Å²) in [6.45, 7) is 7.46. The molecule has 0 radical (unpaired) electrons. The molecule has 3 aromatic rings. The van der Waals surface area contributed by atoms with Crippen LogP contribution in [0, 0.1) is 0 Å². The van der Waals surface area contributed by atoms with Crippen LogP contribution < -0.4 is 14.4 Å². The molecule has 1 amide bonds. The first kappa shape index (κ1) is 19.5. The van der Waals surface area contributed by atoms with Gasteiger partial charge < -0.3 is 14.4 Å². The minimum absolute atomic E-state index is 0.0450. The van der Waals surface area contributed by atoms with Crippen LogP contribution in [0.1, 0.15) is 26.3 Å². The lowest BCUT2D eigenvalue weighted by Crippen LogP contribution is -2.41. The van der Waals surface area contributed by atoms with Crippen LogP contribution in [0.4, 0.5) is 5.69 Å². The molecule has 0 saturated carbocycles. The molecule has 5 nitrogen and oxygen atoms in total. The number of aromatic nitrogens is 1. The molecule has 2 aromatic carbocycles. The maximum Gasteiger partial charge on any atom is 0.265 e. The number of carbonyl (C=O) groups excluding carboxylic acids is 1. The number of fused-ring (bicyclic) bond motifs is 1. The number of hydrogen-bond acceptors (Lipinski definition) is 5. The Kier molecular flexibility index (Phi) is 5.28. The highest BCUT2D eigenvalue weighted by Gasteiger charge is 2.26. The van der Waals surface area contributed by atoms with E-state index in [1.165, 1.54) is 5.56 Å². The van der Waals surface area contributed by atoms with E-state index in [0.29, 0.717) is 18.9 Å². The minimum Gasteiger partial charge on any atom is -0.492 e. The lowest BCUT2D eigenvalue weighted by atomic mass is 9.87. The minimum atomic E-state index is -0.0698. The van der Waals surface area contributed by atoms with Crippen molar-refractivity contribution in [3.63, 3.8) is 0 Å². The zero-order valence-corrected chi connectivity index (χ0v) is 17.7. The second-order valence-electron chi connectivity index (χ2n) is 8.01. The van der Waals surface area contributed by atoms with Gasteiger partial charge in [-0.15, -0.1) is 11.3 Å². The van der Waals surface area contributed by atoms with E-state index in [4.69, 9.17) is 9.47 Å². The molecule has 1 aliphatic rings. The van der Waals surface area contributed by atoms with Gasteiger partial charge in [0.25, 0.3) is 5.91 Å². The molecule has 2 heterocycles. The van der Waals surface area contributed by atoms with E-state index in [1.807, 2.05) is 35.7 Å². The van der Waals surface area contributed by atoms with Gasteiger partial charge in [0.05, 0.1) is 23.4 Å². The predicted molar refractivity (Wildman–Crippen MR) is 116 cm³/mol. The van der Waals surface area contributed by atoms with Crippen LogP contribution in [0.2, 0.25) is 0 Å². The standard InChI is InChI=1S/C23H24N2O3S/c1-23(2,3)17-5-7-18(8-6-17)27-11-10-25-20-12-16(19-14-29-15-24-19)4-9-21(20)28-13-22(25)26/h4-9,12,14-15H,10-11,13H2,1-3H3. The predicted octanol–water partition coefficient (Wildman–Crippen LogP) is 4.91. The molecule has 0 bridgehead atoms. The molecular weight excluding hydrogens is 384 g/mol. The number of rotatable bonds is 5. The third kappa shape index (κ3) is 4.27. The summed E-state index contributed by atoms with van der Waals surface area (Å²) in [7, 11) is 0.